The third kappa shape index (κ3) is 1.33. The van der Waals surface area contributed by atoms with Crippen molar-refractivity contribution in [3.05, 3.63) is 27.1 Å². The fourth-order valence-electron chi connectivity index (χ4n) is 2.84. The average molecular weight is 248 g/mol. The van der Waals surface area contributed by atoms with Crippen LogP contribution in [0.3, 0.4) is 0 Å². The molecule has 2 aromatic rings. The van der Waals surface area contributed by atoms with E-state index in [4.69, 9.17) is 0 Å². The maximum absolute atomic E-state index is 12.0. The molecule has 3 nitrogen and oxygen atoms in total. The van der Waals surface area contributed by atoms with Crippen molar-refractivity contribution >= 4 is 21.6 Å². The van der Waals surface area contributed by atoms with Crippen molar-refractivity contribution in [3.63, 3.8) is 0 Å². The molecule has 0 radical (unpaired) electrons. The van der Waals surface area contributed by atoms with E-state index in [1.807, 2.05) is 0 Å². The van der Waals surface area contributed by atoms with Gasteiger partial charge < -0.3 is 4.98 Å². The van der Waals surface area contributed by atoms with Crippen LogP contribution in [0.5, 0.6) is 0 Å². The van der Waals surface area contributed by atoms with Crippen LogP contribution >= 0.6 is 11.3 Å². The molecule has 2 aromatic heterocycles. The highest BCUT2D eigenvalue weighted by Gasteiger charge is 2.40. The molecule has 1 aliphatic rings. The monoisotopic (exact) mass is 248 g/mol. The summed E-state index contributed by atoms with van der Waals surface area (Å²) in [5, 5.41) is 0.834. The summed E-state index contributed by atoms with van der Waals surface area (Å²) in [7, 11) is 0. The Morgan fingerprint density at radius 3 is 3.00 bits per heavy atom. The molecule has 1 atom stereocenters. The number of hydrogen-bond donors (Lipinski definition) is 1. The molecular formula is C13H16N2OS. The van der Waals surface area contributed by atoms with Gasteiger partial charge in [0.2, 0.25) is 0 Å². The van der Waals surface area contributed by atoms with Crippen molar-refractivity contribution in [1.29, 1.82) is 0 Å². The van der Waals surface area contributed by atoms with Crippen LogP contribution in [0.1, 0.15) is 37.6 Å². The Morgan fingerprint density at radius 2 is 2.29 bits per heavy atom. The largest absolute Gasteiger partial charge is 0.313 e. The van der Waals surface area contributed by atoms with Crippen LogP contribution in [0.25, 0.3) is 10.2 Å². The standard InChI is InChI=1S/C13H16N2OS/c1-7(2)13(3)5-4-8-10(13)9-11(16)14-6-15-12(9)17-8/h6-7H,4-5H2,1-3H3,(H,14,15,16). The van der Waals surface area contributed by atoms with E-state index in [-0.39, 0.29) is 11.0 Å². The third-order valence-electron chi connectivity index (χ3n) is 4.28. The SMILES string of the molecule is CC(C)C1(C)CCc2sc3nc[nH]c(=O)c3c21. The minimum Gasteiger partial charge on any atom is -0.313 e. The van der Waals surface area contributed by atoms with Gasteiger partial charge >= 0.3 is 0 Å². The lowest BCUT2D eigenvalue weighted by Crippen LogP contribution is -2.26. The molecule has 3 rings (SSSR count). The molecule has 2 heterocycles. The second-order valence-electron chi connectivity index (χ2n) is 5.38. The van der Waals surface area contributed by atoms with Crippen molar-refractivity contribution in [2.45, 2.75) is 39.0 Å². The van der Waals surface area contributed by atoms with Gasteiger partial charge in [-0.3, -0.25) is 4.79 Å². The van der Waals surface area contributed by atoms with Crippen LogP contribution in [0, 0.1) is 5.92 Å². The van der Waals surface area contributed by atoms with Crippen molar-refractivity contribution in [1.82, 2.24) is 9.97 Å². The fourth-order valence-corrected chi connectivity index (χ4v) is 4.12. The summed E-state index contributed by atoms with van der Waals surface area (Å²) >= 11 is 1.69. The van der Waals surface area contributed by atoms with E-state index in [2.05, 4.69) is 30.7 Å². The number of nitrogens with one attached hydrogen (secondary N) is 1. The number of aromatic nitrogens is 2. The van der Waals surface area contributed by atoms with Gasteiger partial charge in [-0.25, -0.2) is 4.98 Å². The zero-order valence-corrected chi connectivity index (χ0v) is 11.1. The summed E-state index contributed by atoms with van der Waals surface area (Å²) in [6.07, 6.45) is 3.74. The van der Waals surface area contributed by atoms with Gasteiger partial charge in [0.05, 0.1) is 11.7 Å². The van der Waals surface area contributed by atoms with E-state index in [0.29, 0.717) is 5.92 Å². The van der Waals surface area contributed by atoms with Gasteiger partial charge in [0.15, 0.2) is 0 Å². The third-order valence-corrected chi connectivity index (χ3v) is 5.44. The van der Waals surface area contributed by atoms with Crippen LogP contribution in [0.15, 0.2) is 11.1 Å². The number of thiophene rings is 1. The van der Waals surface area contributed by atoms with Crippen molar-refractivity contribution in [2.75, 3.05) is 0 Å². The van der Waals surface area contributed by atoms with Gasteiger partial charge in [0, 0.05) is 4.88 Å². The Labute approximate surface area is 104 Å². The summed E-state index contributed by atoms with van der Waals surface area (Å²) in [6.45, 7) is 6.76. The van der Waals surface area contributed by atoms with Gasteiger partial charge in [-0.05, 0) is 29.7 Å². The Hall–Kier alpha value is -1.16. The fraction of sp³-hybridized carbons (Fsp3) is 0.538. The number of aromatic amines is 1. The number of fused-ring (bicyclic) bond motifs is 3. The summed E-state index contributed by atoms with van der Waals surface area (Å²) < 4.78 is 0. The maximum atomic E-state index is 12.0. The Balaban J connectivity index is 2.40. The highest BCUT2D eigenvalue weighted by Crippen LogP contribution is 2.49. The molecule has 0 bridgehead atoms. The molecule has 0 fully saturated rings. The van der Waals surface area contributed by atoms with Gasteiger partial charge in [-0.15, -0.1) is 11.3 Å². The molecule has 0 amide bonds. The van der Waals surface area contributed by atoms with E-state index >= 15 is 0 Å². The zero-order chi connectivity index (χ0) is 12.2. The van der Waals surface area contributed by atoms with Crippen molar-refractivity contribution in [3.8, 4) is 0 Å². The first-order chi connectivity index (χ1) is 8.04. The van der Waals surface area contributed by atoms with E-state index in [1.165, 1.54) is 16.8 Å². The molecule has 1 aliphatic carbocycles. The van der Waals surface area contributed by atoms with Gasteiger partial charge in [-0.1, -0.05) is 20.8 Å². The highest BCUT2D eigenvalue weighted by atomic mass is 32.1. The number of hydrogen-bond acceptors (Lipinski definition) is 3. The lowest BCUT2D eigenvalue weighted by atomic mass is 9.74. The quantitative estimate of drug-likeness (QED) is 0.843. The first kappa shape index (κ1) is 11.0. The first-order valence-electron chi connectivity index (χ1n) is 6.03. The van der Waals surface area contributed by atoms with Gasteiger partial charge in [-0.2, -0.15) is 0 Å². The van der Waals surface area contributed by atoms with E-state index < -0.39 is 0 Å². The topological polar surface area (TPSA) is 45.8 Å². The molecule has 0 spiro atoms. The maximum Gasteiger partial charge on any atom is 0.259 e. The predicted molar refractivity (Wildman–Crippen MR) is 70.8 cm³/mol. The summed E-state index contributed by atoms with van der Waals surface area (Å²) in [6, 6.07) is 0. The molecule has 0 aliphatic heterocycles. The lowest BCUT2D eigenvalue weighted by Gasteiger charge is -2.29. The lowest BCUT2D eigenvalue weighted by molar-refractivity contribution is 0.339. The Bertz CT molecular complexity index is 640. The Morgan fingerprint density at radius 1 is 1.53 bits per heavy atom. The van der Waals surface area contributed by atoms with Crippen LogP contribution in [-0.2, 0) is 11.8 Å². The molecule has 17 heavy (non-hydrogen) atoms. The van der Waals surface area contributed by atoms with Gasteiger partial charge in [0.25, 0.3) is 5.56 Å². The molecular weight excluding hydrogens is 232 g/mol. The van der Waals surface area contributed by atoms with E-state index in [9.17, 15) is 4.79 Å². The molecule has 1 unspecified atom stereocenters. The van der Waals surface area contributed by atoms with Crippen LogP contribution in [-0.4, -0.2) is 9.97 Å². The minimum atomic E-state index is 0.0151. The molecule has 0 saturated heterocycles. The van der Waals surface area contributed by atoms with Crippen molar-refractivity contribution < 1.29 is 0 Å². The number of aryl methyl sites for hydroxylation is 1. The zero-order valence-electron chi connectivity index (χ0n) is 10.3. The second-order valence-corrected chi connectivity index (χ2v) is 6.47. The number of H-pyrrole nitrogens is 1. The molecule has 90 valence electrons. The summed E-state index contributed by atoms with van der Waals surface area (Å²) in [5.74, 6) is 0.543. The van der Waals surface area contributed by atoms with Crippen LogP contribution in [0.2, 0.25) is 0 Å². The van der Waals surface area contributed by atoms with Crippen molar-refractivity contribution in [2.24, 2.45) is 5.92 Å². The smallest absolute Gasteiger partial charge is 0.259 e. The molecule has 1 N–H and O–H groups in total. The first-order valence-corrected chi connectivity index (χ1v) is 6.85. The number of rotatable bonds is 1. The highest BCUT2D eigenvalue weighted by molar-refractivity contribution is 7.18. The van der Waals surface area contributed by atoms with Crippen LogP contribution in [0.4, 0.5) is 0 Å². The van der Waals surface area contributed by atoms with Crippen LogP contribution < -0.4 is 5.56 Å². The summed E-state index contributed by atoms with van der Waals surface area (Å²) in [4.78, 5) is 21.3. The van der Waals surface area contributed by atoms with Gasteiger partial charge in [0.1, 0.15) is 4.83 Å². The molecule has 0 aromatic carbocycles. The van der Waals surface area contributed by atoms with E-state index in [1.54, 1.807) is 11.3 Å². The second kappa shape index (κ2) is 3.42. The minimum absolute atomic E-state index is 0.0151. The average Bonchev–Trinajstić information content (AvgIpc) is 2.78. The predicted octanol–water partition coefficient (Wildman–Crippen LogP) is 2.84. The molecule has 0 saturated carbocycles. The van der Waals surface area contributed by atoms with E-state index in [0.717, 1.165) is 23.1 Å². The summed E-state index contributed by atoms with van der Waals surface area (Å²) in [5.41, 5.74) is 1.41. The normalized spacial score (nSPS) is 23.5. The Kier molecular flexibility index (Phi) is 2.20. The molecule has 4 heteroatoms. The number of nitrogens with zero attached hydrogens (tertiary/aromatic N) is 1.